The van der Waals surface area contributed by atoms with Gasteiger partial charge < -0.3 is 14.8 Å². The summed E-state index contributed by atoms with van der Waals surface area (Å²) in [4.78, 5) is 12.0. The van der Waals surface area contributed by atoms with Gasteiger partial charge in [0.25, 0.3) is 0 Å². The van der Waals surface area contributed by atoms with Crippen molar-refractivity contribution >= 4 is 5.78 Å². The number of fused-ring (bicyclic) bond motifs is 1. The van der Waals surface area contributed by atoms with Gasteiger partial charge in [0.15, 0.2) is 17.3 Å². The van der Waals surface area contributed by atoms with Crippen LogP contribution < -0.4 is 14.8 Å². The predicted octanol–water partition coefficient (Wildman–Crippen LogP) is 2.42. The van der Waals surface area contributed by atoms with E-state index in [2.05, 4.69) is 12.2 Å². The standard InChI is InChI=1S/C15H21NO3/c1-2-3-4-7-16-11-13(17)12-5-6-14-15(10-12)19-9-8-18-14/h5-6,10,16H,2-4,7-9,11H2,1H3. The molecule has 0 aliphatic carbocycles. The molecule has 1 aliphatic heterocycles. The number of hydrogen-bond acceptors (Lipinski definition) is 4. The number of benzene rings is 1. The summed E-state index contributed by atoms with van der Waals surface area (Å²) < 4.78 is 10.9. The average Bonchev–Trinajstić information content (AvgIpc) is 2.46. The largest absolute Gasteiger partial charge is 0.486 e. The molecule has 4 heteroatoms. The van der Waals surface area contributed by atoms with E-state index in [-0.39, 0.29) is 5.78 Å². The van der Waals surface area contributed by atoms with Gasteiger partial charge in [0, 0.05) is 5.56 Å². The lowest BCUT2D eigenvalue weighted by atomic mass is 10.1. The van der Waals surface area contributed by atoms with Crippen LogP contribution in [-0.4, -0.2) is 32.1 Å². The van der Waals surface area contributed by atoms with Gasteiger partial charge in [0.2, 0.25) is 0 Å². The molecule has 1 aromatic carbocycles. The summed E-state index contributed by atoms with van der Waals surface area (Å²) in [6.07, 6.45) is 3.51. The maximum atomic E-state index is 12.0. The fraction of sp³-hybridized carbons (Fsp3) is 0.533. The van der Waals surface area contributed by atoms with E-state index < -0.39 is 0 Å². The molecule has 0 fully saturated rings. The molecule has 0 saturated heterocycles. The van der Waals surface area contributed by atoms with Crippen molar-refractivity contribution in [3.8, 4) is 11.5 Å². The van der Waals surface area contributed by atoms with E-state index in [9.17, 15) is 4.79 Å². The van der Waals surface area contributed by atoms with Crippen LogP contribution >= 0.6 is 0 Å². The number of carbonyl (C=O) groups excluding carboxylic acids is 1. The zero-order valence-corrected chi connectivity index (χ0v) is 11.4. The van der Waals surface area contributed by atoms with Crippen LogP contribution in [0, 0.1) is 0 Å². The van der Waals surface area contributed by atoms with Gasteiger partial charge in [0.05, 0.1) is 6.54 Å². The van der Waals surface area contributed by atoms with Crippen LogP contribution in [0.25, 0.3) is 0 Å². The number of ether oxygens (including phenoxy) is 2. The first kappa shape index (κ1) is 13.9. The Morgan fingerprint density at radius 2 is 2.00 bits per heavy atom. The molecule has 4 nitrogen and oxygen atoms in total. The molecule has 2 rings (SSSR count). The average molecular weight is 263 g/mol. The zero-order valence-electron chi connectivity index (χ0n) is 11.4. The number of unbranched alkanes of at least 4 members (excludes halogenated alkanes) is 2. The van der Waals surface area contributed by atoms with E-state index in [4.69, 9.17) is 9.47 Å². The van der Waals surface area contributed by atoms with Crippen molar-refractivity contribution < 1.29 is 14.3 Å². The molecular formula is C15H21NO3. The Morgan fingerprint density at radius 3 is 2.79 bits per heavy atom. The topological polar surface area (TPSA) is 47.6 Å². The van der Waals surface area contributed by atoms with Crippen molar-refractivity contribution in [3.63, 3.8) is 0 Å². The van der Waals surface area contributed by atoms with Crippen LogP contribution in [-0.2, 0) is 0 Å². The molecule has 0 amide bonds. The van der Waals surface area contributed by atoms with E-state index in [1.165, 1.54) is 12.8 Å². The minimum absolute atomic E-state index is 0.0912. The fourth-order valence-corrected chi connectivity index (χ4v) is 2.02. The second-order valence-corrected chi connectivity index (χ2v) is 4.67. The lowest BCUT2D eigenvalue weighted by molar-refractivity contribution is 0.0990. The van der Waals surface area contributed by atoms with E-state index >= 15 is 0 Å². The predicted molar refractivity (Wildman–Crippen MR) is 74.2 cm³/mol. The van der Waals surface area contributed by atoms with Crippen LogP contribution in [0.4, 0.5) is 0 Å². The Kier molecular flexibility index (Phi) is 5.21. The smallest absolute Gasteiger partial charge is 0.176 e. The Labute approximate surface area is 114 Å². The summed E-state index contributed by atoms with van der Waals surface area (Å²) in [5.74, 6) is 1.48. The maximum Gasteiger partial charge on any atom is 0.176 e. The third-order valence-corrected chi connectivity index (χ3v) is 3.11. The first-order chi connectivity index (χ1) is 9.31. The van der Waals surface area contributed by atoms with E-state index in [0.717, 1.165) is 18.7 Å². The van der Waals surface area contributed by atoms with Crippen LogP contribution in [0.1, 0.15) is 36.5 Å². The molecule has 19 heavy (non-hydrogen) atoms. The molecule has 0 saturated carbocycles. The van der Waals surface area contributed by atoms with Gasteiger partial charge >= 0.3 is 0 Å². The van der Waals surface area contributed by atoms with Crippen molar-refractivity contribution in [2.24, 2.45) is 0 Å². The van der Waals surface area contributed by atoms with Gasteiger partial charge in [-0.2, -0.15) is 0 Å². The molecule has 1 N–H and O–H groups in total. The number of hydrogen-bond donors (Lipinski definition) is 1. The third-order valence-electron chi connectivity index (χ3n) is 3.11. The zero-order chi connectivity index (χ0) is 13.5. The highest BCUT2D eigenvalue weighted by atomic mass is 16.6. The molecule has 0 aromatic heterocycles. The Balaban J connectivity index is 1.85. The van der Waals surface area contributed by atoms with Crippen molar-refractivity contribution in [2.45, 2.75) is 26.2 Å². The number of ketones is 1. The molecule has 0 bridgehead atoms. The van der Waals surface area contributed by atoms with E-state index in [1.54, 1.807) is 18.2 Å². The highest BCUT2D eigenvalue weighted by Crippen LogP contribution is 2.30. The Bertz CT molecular complexity index is 431. The van der Waals surface area contributed by atoms with Crippen LogP contribution in [0.2, 0.25) is 0 Å². The summed E-state index contributed by atoms with van der Waals surface area (Å²) in [5.41, 5.74) is 0.673. The SMILES string of the molecule is CCCCCNCC(=O)c1ccc2c(c1)OCCO2. The molecule has 1 aromatic rings. The second-order valence-electron chi connectivity index (χ2n) is 4.67. The monoisotopic (exact) mass is 263 g/mol. The molecule has 1 heterocycles. The molecule has 0 atom stereocenters. The van der Waals surface area contributed by atoms with Gasteiger partial charge in [-0.1, -0.05) is 19.8 Å². The second kappa shape index (κ2) is 7.14. The lowest BCUT2D eigenvalue weighted by Gasteiger charge is -2.18. The van der Waals surface area contributed by atoms with Gasteiger partial charge in [0.1, 0.15) is 13.2 Å². The highest BCUT2D eigenvalue weighted by molar-refractivity contribution is 5.98. The lowest BCUT2D eigenvalue weighted by Crippen LogP contribution is -2.24. The summed E-state index contributed by atoms with van der Waals surface area (Å²) in [6.45, 7) is 4.55. The van der Waals surface area contributed by atoms with Crippen LogP contribution in [0.3, 0.4) is 0 Å². The Morgan fingerprint density at radius 1 is 1.21 bits per heavy atom. The number of rotatable bonds is 7. The van der Waals surface area contributed by atoms with Gasteiger partial charge in [-0.15, -0.1) is 0 Å². The van der Waals surface area contributed by atoms with Crippen molar-refractivity contribution in [2.75, 3.05) is 26.3 Å². The molecular weight excluding hydrogens is 242 g/mol. The summed E-state index contributed by atoms with van der Waals surface area (Å²) in [7, 11) is 0. The first-order valence-electron chi connectivity index (χ1n) is 6.95. The van der Waals surface area contributed by atoms with Gasteiger partial charge in [-0.3, -0.25) is 4.79 Å². The molecule has 0 spiro atoms. The molecule has 0 radical (unpaired) electrons. The number of nitrogens with one attached hydrogen (secondary N) is 1. The fourth-order valence-electron chi connectivity index (χ4n) is 2.02. The normalized spacial score (nSPS) is 13.3. The minimum Gasteiger partial charge on any atom is -0.486 e. The quantitative estimate of drug-likeness (QED) is 0.606. The van der Waals surface area contributed by atoms with Crippen molar-refractivity contribution in [3.05, 3.63) is 23.8 Å². The maximum absolute atomic E-state index is 12.0. The Hall–Kier alpha value is -1.55. The molecule has 0 unspecified atom stereocenters. The number of carbonyl (C=O) groups is 1. The highest BCUT2D eigenvalue weighted by Gasteiger charge is 2.14. The van der Waals surface area contributed by atoms with Gasteiger partial charge in [-0.25, -0.2) is 0 Å². The molecule has 1 aliphatic rings. The van der Waals surface area contributed by atoms with Crippen molar-refractivity contribution in [1.82, 2.24) is 5.32 Å². The first-order valence-corrected chi connectivity index (χ1v) is 6.95. The van der Waals surface area contributed by atoms with Crippen LogP contribution in [0.15, 0.2) is 18.2 Å². The minimum atomic E-state index is 0.0912. The summed E-state index contributed by atoms with van der Waals surface area (Å²) >= 11 is 0. The van der Waals surface area contributed by atoms with E-state index in [1.807, 2.05) is 0 Å². The molecule has 104 valence electrons. The van der Waals surface area contributed by atoms with Crippen molar-refractivity contribution in [1.29, 1.82) is 0 Å². The summed E-state index contributed by atoms with van der Waals surface area (Å²) in [6, 6.07) is 5.37. The van der Waals surface area contributed by atoms with Crippen LogP contribution in [0.5, 0.6) is 11.5 Å². The summed E-state index contributed by atoms with van der Waals surface area (Å²) in [5, 5.41) is 3.18. The van der Waals surface area contributed by atoms with Gasteiger partial charge in [-0.05, 0) is 31.2 Å². The number of Topliss-reactive ketones (excluding diaryl/α,β-unsaturated/α-hetero) is 1. The third kappa shape index (κ3) is 3.96. The van der Waals surface area contributed by atoms with E-state index in [0.29, 0.717) is 31.1 Å².